The highest BCUT2D eigenvalue weighted by Gasteiger charge is 2.27. The third-order valence-corrected chi connectivity index (χ3v) is 4.24. The number of rotatable bonds is 4. The van der Waals surface area contributed by atoms with Gasteiger partial charge in [-0.1, -0.05) is 30.8 Å². The normalized spacial score (nSPS) is 19.8. The van der Waals surface area contributed by atoms with Crippen LogP contribution in [0, 0.1) is 0 Å². The van der Waals surface area contributed by atoms with Crippen molar-refractivity contribution in [1.82, 2.24) is 5.32 Å². The highest BCUT2D eigenvalue weighted by Crippen LogP contribution is 2.30. The van der Waals surface area contributed by atoms with E-state index in [4.69, 9.17) is 4.42 Å². The molecular formula is C16H16N2O2S. The van der Waals surface area contributed by atoms with Crippen LogP contribution in [0.5, 0.6) is 0 Å². The maximum atomic E-state index is 11.9. The van der Waals surface area contributed by atoms with Gasteiger partial charge in [-0.05, 0) is 36.2 Å². The van der Waals surface area contributed by atoms with Gasteiger partial charge in [0.1, 0.15) is 5.76 Å². The molecule has 2 N–H and O–H groups in total. The maximum Gasteiger partial charge on any atom is 0.260 e. The first kappa shape index (κ1) is 13.8. The van der Waals surface area contributed by atoms with Crippen LogP contribution in [0.25, 0.3) is 6.08 Å². The van der Waals surface area contributed by atoms with Gasteiger partial charge in [0.05, 0.1) is 11.2 Å². The number of nitrogens with one attached hydrogen (secondary N) is 2. The van der Waals surface area contributed by atoms with Crippen molar-refractivity contribution in [2.24, 2.45) is 0 Å². The molecule has 0 saturated carbocycles. The molecule has 1 atom stereocenters. The number of benzene rings is 1. The van der Waals surface area contributed by atoms with Crippen molar-refractivity contribution in [1.29, 1.82) is 0 Å². The van der Waals surface area contributed by atoms with Gasteiger partial charge in [-0.3, -0.25) is 4.79 Å². The number of thioether (sulfide) groups is 1. The fourth-order valence-electron chi connectivity index (χ4n) is 2.06. The lowest BCUT2D eigenvalue weighted by atomic mass is 10.1. The minimum Gasteiger partial charge on any atom is -0.465 e. The molecule has 1 saturated heterocycles. The second-order valence-electron chi connectivity index (χ2n) is 4.69. The molecule has 0 bridgehead atoms. The summed E-state index contributed by atoms with van der Waals surface area (Å²) in [7, 11) is 0. The van der Waals surface area contributed by atoms with Crippen LogP contribution in [0.1, 0.15) is 18.2 Å². The van der Waals surface area contributed by atoms with Gasteiger partial charge in [-0.25, -0.2) is 0 Å². The molecule has 1 aromatic carbocycles. The van der Waals surface area contributed by atoms with E-state index >= 15 is 0 Å². The van der Waals surface area contributed by atoms with Crippen molar-refractivity contribution in [3.63, 3.8) is 0 Å². The van der Waals surface area contributed by atoms with Crippen LogP contribution in [-0.4, -0.2) is 11.4 Å². The fraction of sp³-hybridized carbons (Fsp3) is 0.188. The van der Waals surface area contributed by atoms with Gasteiger partial charge in [0, 0.05) is 11.8 Å². The number of amides is 1. The number of carbonyl (C=O) groups excluding carboxylic acids is 1. The van der Waals surface area contributed by atoms with E-state index in [1.807, 2.05) is 18.2 Å². The third-order valence-electron chi connectivity index (χ3n) is 3.21. The second-order valence-corrected chi connectivity index (χ2v) is 5.84. The summed E-state index contributed by atoms with van der Waals surface area (Å²) in [4.78, 5) is 12.6. The Balaban J connectivity index is 1.67. The smallest absolute Gasteiger partial charge is 0.260 e. The van der Waals surface area contributed by atoms with E-state index in [2.05, 4.69) is 29.7 Å². The second kappa shape index (κ2) is 6.10. The molecule has 2 aromatic rings. The quantitative estimate of drug-likeness (QED) is 0.849. The molecule has 0 unspecified atom stereocenters. The van der Waals surface area contributed by atoms with E-state index in [0.717, 1.165) is 12.1 Å². The van der Waals surface area contributed by atoms with Crippen LogP contribution in [0.4, 0.5) is 5.69 Å². The van der Waals surface area contributed by atoms with Gasteiger partial charge >= 0.3 is 0 Å². The monoisotopic (exact) mass is 300 g/mol. The molecule has 108 valence electrons. The summed E-state index contributed by atoms with van der Waals surface area (Å²) >= 11 is 1.45. The Morgan fingerprint density at radius 1 is 1.33 bits per heavy atom. The standard InChI is InChI=1S/C16H16N2O2S/c1-2-11-5-7-12(8-6-11)17-16-18-15(19)14(21-16)10-13-4-3-9-20-13/h3-10,16-17H,2H2,1H3,(H,18,19)/b14-10-/t16-/m0/s1. The van der Waals surface area contributed by atoms with Crippen molar-refractivity contribution < 1.29 is 9.21 Å². The zero-order valence-electron chi connectivity index (χ0n) is 11.6. The molecule has 1 fully saturated rings. The molecule has 0 aliphatic carbocycles. The van der Waals surface area contributed by atoms with Gasteiger partial charge in [0.15, 0.2) is 5.50 Å². The summed E-state index contributed by atoms with van der Waals surface area (Å²) in [5.74, 6) is 0.597. The molecule has 0 radical (unpaired) electrons. The number of hydrogen-bond donors (Lipinski definition) is 2. The molecule has 1 amide bonds. The topological polar surface area (TPSA) is 54.3 Å². The summed E-state index contributed by atoms with van der Waals surface area (Å²) in [6.45, 7) is 2.13. The molecule has 0 spiro atoms. The number of hydrogen-bond acceptors (Lipinski definition) is 4. The summed E-state index contributed by atoms with van der Waals surface area (Å²) in [6.07, 6.45) is 4.36. The van der Waals surface area contributed by atoms with E-state index in [1.165, 1.54) is 17.3 Å². The lowest BCUT2D eigenvalue weighted by Crippen LogP contribution is -2.30. The van der Waals surface area contributed by atoms with Gasteiger partial charge in [-0.2, -0.15) is 0 Å². The first-order valence-electron chi connectivity index (χ1n) is 6.83. The molecular weight excluding hydrogens is 284 g/mol. The minimum absolute atomic E-state index is 0.0842. The lowest BCUT2D eigenvalue weighted by Gasteiger charge is -2.12. The SMILES string of the molecule is CCc1ccc(N[C@H]2NC(=O)/C(=C/c3ccco3)S2)cc1. The molecule has 1 aliphatic heterocycles. The Morgan fingerprint density at radius 3 is 2.81 bits per heavy atom. The maximum absolute atomic E-state index is 11.9. The number of carbonyl (C=O) groups is 1. The highest BCUT2D eigenvalue weighted by atomic mass is 32.2. The Labute approximate surface area is 127 Å². The number of anilines is 1. The summed E-state index contributed by atoms with van der Waals surface area (Å²) in [5, 5.41) is 6.19. The molecule has 2 heterocycles. The van der Waals surface area contributed by atoms with Gasteiger partial charge in [0.25, 0.3) is 5.91 Å². The predicted molar refractivity (Wildman–Crippen MR) is 85.6 cm³/mol. The molecule has 1 aromatic heterocycles. The average molecular weight is 300 g/mol. The van der Waals surface area contributed by atoms with Crippen molar-refractivity contribution >= 4 is 29.4 Å². The minimum atomic E-state index is -0.161. The summed E-state index contributed by atoms with van der Waals surface area (Å²) in [6, 6.07) is 11.9. The van der Waals surface area contributed by atoms with Gasteiger partial charge in [-0.15, -0.1) is 0 Å². The zero-order chi connectivity index (χ0) is 14.7. The highest BCUT2D eigenvalue weighted by molar-refractivity contribution is 8.05. The third kappa shape index (κ3) is 3.31. The largest absolute Gasteiger partial charge is 0.465 e. The van der Waals surface area contributed by atoms with E-state index in [0.29, 0.717) is 10.7 Å². The van der Waals surface area contributed by atoms with Crippen molar-refractivity contribution in [3.05, 3.63) is 58.9 Å². The zero-order valence-corrected chi connectivity index (χ0v) is 12.4. The number of furan rings is 1. The Kier molecular flexibility index (Phi) is 4.01. The molecule has 5 heteroatoms. The summed E-state index contributed by atoms with van der Waals surface area (Å²) in [5.41, 5.74) is 2.12. The Hall–Kier alpha value is -2.14. The first-order chi connectivity index (χ1) is 10.2. The summed E-state index contributed by atoms with van der Waals surface area (Å²) < 4.78 is 5.23. The fourth-order valence-corrected chi connectivity index (χ4v) is 3.02. The van der Waals surface area contributed by atoms with Gasteiger partial charge < -0.3 is 15.1 Å². The van der Waals surface area contributed by atoms with Crippen LogP contribution < -0.4 is 10.6 Å². The first-order valence-corrected chi connectivity index (χ1v) is 7.71. The average Bonchev–Trinajstić information content (AvgIpc) is 3.11. The van der Waals surface area contributed by atoms with E-state index < -0.39 is 0 Å². The van der Waals surface area contributed by atoms with Crippen LogP contribution in [0.15, 0.2) is 52.0 Å². The molecule has 1 aliphatic rings. The van der Waals surface area contributed by atoms with Gasteiger partial charge in [0.2, 0.25) is 0 Å². The predicted octanol–water partition coefficient (Wildman–Crippen LogP) is 3.44. The molecule has 3 rings (SSSR count). The van der Waals surface area contributed by atoms with E-state index in [9.17, 15) is 4.79 Å². The van der Waals surface area contributed by atoms with Crippen LogP contribution in [-0.2, 0) is 11.2 Å². The molecule has 21 heavy (non-hydrogen) atoms. The van der Waals surface area contributed by atoms with Crippen LogP contribution >= 0.6 is 11.8 Å². The van der Waals surface area contributed by atoms with Crippen molar-refractivity contribution in [2.75, 3.05) is 5.32 Å². The van der Waals surface area contributed by atoms with E-state index in [1.54, 1.807) is 18.4 Å². The number of aryl methyl sites for hydroxylation is 1. The van der Waals surface area contributed by atoms with Crippen LogP contribution in [0.3, 0.4) is 0 Å². The van der Waals surface area contributed by atoms with Crippen LogP contribution in [0.2, 0.25) is 0 Å². The Bertz CT molecular complexity index is 647. The Morgan fingerprint density at radius 2 is 2.14 bits per heavy atom. The van der Waals surface area contributed by atoms with Crippen molar-refractivity contribution in [2.45, 2.75) is 18.8 Å². The lowest BCUT2D eigenvalue weighted by molar-refractivity contribution is -0.116. The molecule has 4 nitrogen and oxygen atoms in total. The van der Waals surface area contributed by atoms with E-state index in [-0.39, 0.29) is 11.4 Å². The van der Waals surface area contributed by atoms with Crippen molar-refractivity contribution in [3.8, 4) is 0 Å².